The van der Waals surface area contributed by atoms with Gasteiger partial charge in [0.1, 0.15) is 5.75 Å². The van der Waals surface area contributed by atoms with E-state index in [1.165, 1.54) is 25.3 Å². The minimum absolute atomic E-state index is 0.0269. The van der Waals surface area contributed by atoms with Gasteiger partial charge in [-0.2, -0.15) is 0 Å². The van der Waals surface area contributed by atoms with Gasteiger partial charge in [-0.1, -0.05) is 6.07 Å². The number of hydrogen-bond donors (Lipinski definition) is 2. The van der Waals surface area contributed by atoms with Gasteiger partial charge in [-0.25, -0.2) is 8.42 Å². The Bertz CT molecular complexity index is 1290. The van der Waals surface area contributed by atoms with Crippen LogP contribution in [0.5, 0.6) is 17.2 Å². The second-order valence-electron chi connectivity index (χ2n) is 8.21. The van der Waals surface area contributed by atoms with Crippen molar-refractivity contribution in [3.63, 3.8) is 0 Å². The number of amides is 1. The second kappa shape index (κ2) is 10.7. The van der Waals surface area contributed by atoms with Gasteiger partial charge in [-0.3, -0.25) is 9.52 Å². The van der Waals surface area contributed by atoms with Crippen molar-refractivity contribution in [2.75, 3.05) is 24.3 Å². The molecule has 1 aliphatic rings. The molecule has 35 heavy (non-hydrogen) atoms. The number of carbonyl (C=O) groups is 1. The summed E-state index contributed by atoms with van der Waals surface area (Å²) in [5, 5.41) is 2.81. The maximum Gasteiger partial charge on any atom is 0.261 e. The average Bonchev–Trinajstić information content (AvgIpc) is 3.38. The van der Waals surface area contributed by atoms with Gasteiger partial charge in [-0.15, -0.1) is 0 Å². The Hall–Kier alpha value is -3.72. The van der Waals surface area contributed by atoms with Crippen LogP contribution in [0, 0.1) is 0 Å². The van der Waals surface area contributed by atoms with Crippen LogP contribution < -0.4 is 24.2 Å². The molecule has 0 spiro atoms. The molecule has 0 heterocycles. The first kappa shape index (κ1) is 24.4. The number of sulfonamides is 1. The molecule has 0 unspecified atom stereocenters. The molecule has 0 atom stereocenters. The minimum Gasteiger partial charge on any atom is -0.497 e. The zero-order valence-electron chi connectivity index (χ0n) is 19.6. The molecule has 0 radical (unpaired) electrons. The Morgan fingerprint density at radius 2 is 1.57 bits per heavy atom. The molecule has 1 amide bonds. The number of methoxy groups -OCH3 is 2. The summed E-state index contributed by atoms with van der Waals surface area (Å²) in [6, 6.07) is 17.5. The number of rotatable bonds is 9. The number of anilines is 2. The number of ether oxygens (including phenoxy) is 3. The lowest BCUT2D eigenvalue weighted by Crippen LogP contribution is -2.16. The van der Waals surface area contributed by atoms with Crippen molar-refractivity contribution in [2.45, 2.75) is 36.7 Å². The third-order valence-electron chi connectivity index (χ3n) is 5.77. The van der Waals surface area contributed by atoms with Crippen LogP contribution >= 0.6 is 0 Å². The highest BCUT2D eigenvalue weighted by molar-refractivity contribution is 7.92. The van der Waals surface area contributed by atoms with E-state index in [-0.39, 0.29) is 16.6 Å². The van der Waals surface area contributed by atoms with Crippen molar-refractivity contribution < 1.29 is 27.4 Å². The fourth-order valence-electron chi connectivity index (χ4n) is 3.91. The van der Waals surface area contributed by atoms with Gasteiger partial charge < -0.3 is 19.5 Å². The second-order valence-corrected chi connectivity index (χ2v) is 9.89. The van der Waals surface area contributed by atoms with E-state index in [9.17, 15) is 13.2 Å². The summed E-state index contributed by atoms with van der Waals surface area (Å²) < 4.78 is 44.8. The Labute approximate surface area is 205 Å². The highest BCUT2D eigenvalue weighted by atomic mass is 32.2. The highest BCUT2D eigenvalue weighted by Gasteiger charge is 2.20. The van der Waals surface area contributed by atoms with E-state index in [0.29, 0.717) is 28.6 Å². The van der Waals surface area contributed by atoms with Crippen LogP contribution in [-0.2, 0) is 10.0 Å². The van der Waals surface area contributed by atoms with Crippen LogP contribution in [0.4, 0.5) is 11.4 Å². The quantitative estimate of drug-likeness (QED) is 0.428. The first-order chi connectivity index (χ1) is 16.9. The zero-order valence-corrected chi connectivity index (χ0v) is 20.4. The molecule has 0 aromatic heterocycles. The van der Waals surface area contributed by atoms with Crippen LogP contribution in [0.2, 0.25) is 0 Å². The Balaban J connectivity index is 1.49. The Morgan fingerprint density at radius 3 is 2.26 bits per heavy atom. The summed E-state index contributed by atoms with van der Waals surface area (Å²) in [5.41, 5.74) is 1.11. The van der Waals surface area contributed by atoms with Crippen molar-refractivity contribution in [1.29, 1.82) is 0 Å². The normalized spacial score (nSPS) is 13.8. The summed E-state index contributed by atoms with van der Waals surface area (Å²) in [6.45, 7) is 0. The minimum atomic E-state index is -3.90. The molecular formula is C26H28N2O6S. The summed E-state index contributed by atoms with van der Waals surface area (Å²) in [5.74, 6) is 1.33. The maximum absolute atomic E-state index is 12.9. The molecule has 3 aromatic carbocycles. The van der Waals surface area contributed by atoms with Gasteiger partial charge in [0, 0.05) is 23.0 Å². The largest absolute Gasteiger partial charge is 0.497 e. The van der Waals surface area contributed by atoms with Gasteiger partial charge in [0.25, 0.3) is 15.9 Å². The first-order valence-electron chi connectivity index (χ1n) is 11.3. The number of carbonyl (C=O) groups excluding carboxylic acids is 1. The van der Waals surface area contributed by atoms with Crippen molar-refractivity contribution in [2.24, 2.45) is 0 Å². The maximum atomic E-state index is 12.9. The van der Waals surface area contributed by atoms with Crippen LogP contribution in [-0.4, -0.2) is 34.6 Å². The number of nitrogens with one attached hydrogen (secondary N) is 2. The average molecular weight is 497 g/mol. The molecule has 4 rings (SSSR count). The monoisotopic (exact) mass is 496 g/mol. The van der Waals surface area contributed by atoms with Gasteiger partial charge >= 0.3 is 0 Å². The summed E-state index contributed by atoms with van der Waals surface area (Å²) in [4.78, 5) is 12.9. The summed E-state index contributed by atoms with van der Waals surface area (Å²) in [7, 11) is -0.795. The fourth-order valence-corrected chi connectivity index (χ4v) is 5.02. The molecule has 184 valence electrons. The van der Waals surface area contributed by atoms with E-state index < -0.39 is 15.9 Å². The van der Waals surface area contributed by atoms with Crippen molar-refractivity contribution >= 4 is 27.3 Å². The lowest BCUT2D eigenvalue weighted by atomic mass is 10.2. The van der Waals surface area contributed by atoms with Crippen molar-refractivity contribution in [3.8, 4) is 17.2 Å². The van der Waals surface area contributed by atoms with Gasteiger partial charge in [0.2, 0.25) is 0 Å². The molecule has 0 bridgehead atoms. The van der Waals surface area contributed by atoms with Crippen LogP contribution in [0.1, 0.15) is 36.0 Å². The smallest absolute Gasteiger partial charge is 0.261 e. The molecule has 0 aliphatic heterocycles. The molecule has 1 fully saturated rings. The number of hydrogen-bond acceptors (Lipinski definition) is 6. The van der Waals surface area contributed by atoms with Crippen LogP contribution in [0.15, 0.2) is 71.6 Å². The predicted molar refractivity (Wildman–Crippen MR) is 134 cm³/mol. The van der Waals surface area contributed by atoms with Crippen LogP contribution in [0.3, 0.4) is 0 Å². The summed E-state index contributed by atoms with van der Waals surface area (Å²) in [6.07, 6.45) is 4.39. The predicted octanol–water partition coefficient (Wildman–Crippen LogP) is 5.08. The van der Waals surface area contributed by atoms with Crippen molar-refractivity contribution in [1.82, 2.24) is 0 Å². The van der Waals surface area contributed by atoms with E-state index in [2.05, 4.69) is 10.0 Å². The highest BCUT2D eigenvalue weighted by Crippen LogP contribution is 2.34. The lowest BCUT2D eigenvalue weighted by Gasteiger charge is -2.17. The van der Waals surface area contributed by atoms with Gasteiger partial charge in [0.15, 0.2) is 11.5 Å². The SMILES string of the molecule is COc1ccc(NS(=O)(=O)c2cccc(C(=O)Nc3ccc(OC)c(OC4CCCC4)c3)c2)cc1. The van der Waals surface area contributed by atoms with Crippen molar-refractivity contribution in [3.05, 3.63) is 72.3 Å². The van der Waals surface area contributed by atoms with Gasteiger partial charge in [0.05, 0.1) is 25.2 Å². The van der Waals surface area contributed by atoms with E-state index in [0.717, 1.165) is 25.7 Å². The molecular weight excluding hydrogens is 468 g/mol. The fraction of sp³-hybridized carbons (Fsp3) is 0.269. The molecule has 1 aliphatic carbocycles. The molecule has 1 saturated carbocycles. The van der Waals surface area contributed by atoms with E-state index in [1.807, 2.05) is 0 Å². The zero-order chi connectivity index (χ0) is 24.8. The molecule has 3 aromatic rings. The Morgan fingerprint density at radius 1 is 0.857 bits per heavy atom. The molecule has 2 N–H and O–H groups in total. The third kappa shape index (κ3) is 6.05. The standard InChI is InChI=1S/C26H28N2O6S/c1-32-21-13-10-19(11-14-21)28-35(30,31)23-9-5-6-18(16-23)26(29)27-20-12-15-24(33-2)25(17-20)34-22-7-3-4-8-22/h5-6,9-17,22,28H,3-4,7-8H2,1-2H3,(H,27,29). The van der Waals surface area contributed by atoms with E-state index in [1.54, 1.807) is 55.6 Å². The molecule has 8 nitrogen and oxygen atoms in total. The van der Waals surface area contributed by atoms with E-state index in [4.69, 9.17) is 14.2 Å². The number of benzene rings is 3. The molecule has 9 heteroatoms. The van der Waals surface area contributed by atoms with Gasteiger partial charge in [-0.05, 0) is 80.3 Å². The first-order valence-corrected chi connectivity index (χ1v) is 12.8. The van der Waals surface area contributed by atoms with E-state index >= 15 is 0 Å². The third-order valence-corrected chi connectivity index (χ3v) is 7.15. The Kier molecular flexibility index (Phi) is 7.45. The molecule has 0 saturated heterocycles. The topological polar surface area (TPSA) is 103 Å². The summed E-state index contributed by atoms with van der Waals surface area (Å²) >= 11 is 0. The lowest BCUT2D eigenvalue weighted by molar-refractivity contribution is 0.102. The van der Waals surface area contributed by atoms with Crippen LogP contribution in [0.25, 0.3) is 0 Å².